The number of nitrogens with zero attached hydrogens (tertiary/aromatic N) is 3. The van der Waals surface area contributed by atoms with Crippen LogP contribution in [0.4, 0.5) is 11.9 Å². The summed E-state index contributed by atoms with van der Waals surface area (Å²) >= 11 is 0. The molecule has 7 heteroatoms. The van der Waals surface area contributed by atoms with E-state index in [-0.39, 0.29) is 11.9 Å². The van der Waals surface area contributed by atoms with Crippen LogP contribution in [-0.2, 0) is 11.2 Å². The number of rotatable bonds is 13. The molecule has 0 bridgehead atoms. The predicted octanol–water partition coefficient (Wildman–Crippen LogP) is 1.79. The molecule has 1 heterocycles. The van der Waals surface area contributed by atoms with Crippen molar-refractivity contribution in [3.63, 3.8) is 0 Å². The van der Waals surface area contributed by atoms with E-state index in [1.807, 2.05) is 0 Å². The summed E-state index contributed by atoms with van der Waals surface area (Å²) in [5, 5.41) is 3.35. The number of anilines is 2. The molecule has 0 aliphatic rings. The fourth-order valence-electron chi connectivity index (χ4n) is 2.34. The number of hydrogen-bond donors (Lipinski definition) is 3. The Morgan fingerprint density at radius 3 is 2.43 bits per heavy atom. The minimum absolute atomic E-state index is 0.175. The van der Waals surface area contributed by atoms with Gasteiger partial charge in [0.25, 0.3) is 0 Å². The second-order valence-electron chi connectivity index (χ2n) is 5.81. The quantitative estimate of drug-likeness (QED) is 0.474. The smallest absolute Gasteiger partial charge is 0.225 e. The molecule has 132 valence electrons. The fourth-order valence-corrected chi connectivity index (χ4v) is 2.34. The normalized spacial score (nSPS) is 12.4. The molecule has 23 heavy (non-hydrogen) atoms. The summed E-state index contributed by atoms with van der Waals surface area (Å²) in [6, 6.07) is 0. The van der Waals surface area contributed by atoms with Crippen LogP contribution in [0, 0.1) is 5.92 Å². The molecule has 0 spiro atoms. The van der Waals surface area contributed by atoms with Crippen LogP contribution in [0.25, 0.3) is 0 Å². The van der Waals surface area contributed by atoms with Gasteiger partial charge in [-0.1, -0.05) is 33.1 Å². The van der Waals surface area contributed by atoms with Crippen LogP contribution in [0.5, 0.6) is 0 Å². The molecule has 1 unspecified atom stereocenters. The van der Waals surface area contributed by atoms with Gasteiger partial charge in [-0.15, -0.1) is 0 Å². The third kappa shape index (κ3) is 9.30. The van der Waals surface area contributed by atoms with Crippen molar-refractivity contribution in [2.24, 2.45) is 5.92 Å². The van der Waals surface area contributed by atoms with Crippen molar-refractivity contribution >= 4 is 11.9 Å². The van der Waals surface area contributed by atoms with Gasteiger partial charge >= 0.3 is 0 Å². The molecule has 1 aromatic heterocycles. The Hall–Kier alpha value is -1.47. The van der Waals surface area contributed by atoms with E-state index in [1.54, 1.807) is 0 Å². The molecule has 1 rings (SSSR count). The zero-order valence-corrected chi connectivity index (χ0v) is 14.6. The molecule has 0 aromatic carbocycles. The van der Waals surface area contributed by atoms with E-state index in [0.717, 1.165) is 32.7 Å². The van der Waals surface area contributed by atoms with Gasteiger partial charge in [-0.25, -0.2) is 0 Å². The summed E-state index contributed by atoms with van der Waals surface area (Å²) in [5.74, 6) is 1.69. The van der Waals surface area contributed by atoms with Gasteiger partial charge in [0.05, 0.1) is 0 Å². The fraction of sp³-hybridized carbons (Fsp3) is 0.812. The molecule has 1 aromatic rings. The standard InChI is InChI=1S/C16H32N6O/c1-3-5-7-13(4-2)12-23-11-6-9-19-10-8-14-20-15(17)22-16(18)21-14/h13,19H,3-12H2,1-2H3,(H4,17,18,20,21,22). The highest BCUT2D eigenvalue weighted by Crippen LogP contribution is 2.12. The van der Waals surface area contributed by atoms with E-state index in [0.29, 0.717) is 18.2 Å². The maximum atomic E-state index is 5.77. The summed E-state index contributed by atoms with van der Waals surface area (Å²) < 4.78 is 5.77. The molecule has 0 radical (unpaired) electrons. The second kappa shape index (κ2) is 12.0. The van der Waals surface area contributed by atoms with Gasteiger partial charge in [0, 0.05) is 26.2 Å². The highest BCUT2D eigenvalue weighted by atomic mass is 16.5. The van der Waals surface area contributed by atoms with E-state index >= 15 is 0 Å². The van der Waals surface area contributed by atoms with Gasteiger partial charge in [-0.2, -0.15) is 15.0 Å². The molecule has 5 N–H and O–H groups in total. The summed E-state index contributed by atoms with van der Waals surface area (Å²) in [6.07, 6.45) is 6.74. The van der Waals surface area contributed by atoms with Crippen LogP contribution in [0.15, 0.2) is 0 Å². The Labute approximate surface area is 139 Å². The number of hydrogen-bond acceptors (Lipinski definition) is 7. The summed E-state index contributed by atoms with van der Waals surface area (Å²) in [6.45, 7) is 7.88. The largest absolute Gasteiger partial charge is 0.381 e. The van der Waals surface area contributed by atoms with Crippen molar-refractivity contribution in [2.75, 3.05) is 37.8 Å². The predicted molar refractivity (Wildman–Crippen MR) is 94.0 cm³/mol. The average Bonchev–Trinajstić information content (AvgIpc) is 2.52. The zero-order valence-electron chi connectivity index (χ0n) is 14.6. The minimum atomic E-state index is 0.175. The van der Waals surface area contributed by atoms with Gasteiger partial charge < -0.3 is 21.5 Å². The Morgan fingerprint density at radius 2 is 1.78 bits per heavy atom. The highest BCUT2D eigenvalue weighted by Gasteiger charge is 2.05. The van der Waals surface area contributed by atoms with Crippen molar-refractivity contribution in [3.8, 4) is 0 Å². The maximum Gasteiger partial charge on any atom is 0.225 e. The Balaban J connectivity index is 2.01. The lowest BCUT2D eigenvalue weighted by atomic mass is 10.0. The van der Waals surface area contributed by atoms with Gasteiger partial charge in [-0.3, -0.25) is 0 Å². The van der Waals surface area contributed by atoms with Crippen LogP contribution in [-0.4, -0.2) is 41.3 Å². The topological polar surface area (TPSA) is 112 Å². The molecular formula is C16H32N6O. The van der Waals surface area contributed by atoms with Gasteiger partial charge in [0.1, 0.15) is 5.82 Å². The van der Waals surface area contributed by atoms with Crippen LogP contribution in [0.1, 0.15) is 51.8 Å². The SMILES string of the molecule is CCCCC(CC)COCCCNCCc1nc(N)nc(N)n1. The monoisotopic (exact) mass is 324 g/mol. The maximum absolute atomic E-state index is 5.77. The average molecular weight is 324 g/mol. The van der Waals surface area contributed by atoms with Crippen molar-refractivity contribution in [2.45, 2.75) is 52.4 Å². The Bertz CT molecular complexity index is 409. The molecule has 0 saturated heterocycles. The summed E-state index contributed by atoms with van der Waals surface area (Å²) in [7, 11) is 0. The molecule has 1 atom stereocenters. The van der Waals surface area contributed by atoms with Gasteiger partial charge in [-0.05, 0) is 25.3 Å². The molecule has 0 fully saturated rings. The van der Waals surface area contributed by atoms with Crippen molar-refractivity contribution in [1.82, 2.24) is 20.3 Å². The van der Waals surface area contributed by atoms with E-state index in [1.165, 1.54) is 25.7 Å². The molecule has 0 aliphatic heterocycles. The molecular weight excluding hydrogens is 292 g/mol. The first-order valence-corrected chi connectivity index (χ1v) is 8.70. The third-order valence-electron chi connectivity index (χ3n) is 3.78. The van der Waals surface area contributed by atoms with Crippen molar-refractivity contribution in [3.05, 3.63) is 5.82 Å². The highest BCUT2D eigenvalue weighted by molar-refractivity contribution is 5.25. The van der Waals surface area contributed by atoms with E-state index in [2.05, 4.69) is 34.1 Å². The molecule has 7 nitrogen and oxygen atoms in total. The van der Waals surface area contributed by atoms with Crippen molar-refractivity contribution < 1.29 is 4.74 Å². The van der Waals surface area contributed by atoms with Gasteiger partial charge in [0.2, 0.25) is 11.9 Å². The number of nitrogens with two attached hydrogens (primary N) is 2. The van der Waals surface area contributed by atoms with Gasteiger partial charge in [0.15, 0.2) is 0 Å². The Morgan fingerprint density at radius 1 is 1.04 bits per heavy atom. The lowest BCUT2D eigenvalue weighted by Gasteiger charge is -2.14. The first-order valence-electron chi connectivity index (χ1n) is 8.70. The minimum Gasteiger partial charge on any atom is -0.381 e. The van der Waals surface area contributed by atoms with E-state index in [9.17, 15) is 0 Å². The van der Waals surface area contributed by atoms with E-state index in [4.69, 9.17) is 16.2 Å². The van der Waals surface area contributed by atoms with Crippen LogP contribution in [0.3, 0.4) is 0 Å². The lowest BCUT2D eigenvalue weighted by Crippen LogP contribution is -2.21. The summed E-state index contributed by atoms with van der Waals surface area (Å²) in [5.41, 5.74) is 11.1. The lowest BCUT2D eigenvalue weighted by molar-refractivity contribution is 0.0922. The Kier molecular flexibility index (Phi) is 10.2. The van der Waals surface area contributed by atoms with Crippen molar-refractivity contribution in [1.29, 1.82) is 0 Å². The van der Waals surface area contributed by atoms with E-state index < -0.39 is 0 Å². The third-order valence-corrected chi connectivity index (χ3v) is 3.78. The van der Waals surface area contributed by atoms with Crippen LogP contribution in [0.2, 0.25) is 0 Å². The van der Waals surface area contributed by atoms with Crippen LogP contribution < -0.4 is 16.8 Å². The number of unbranched alkanes of at least 4 members (excludes halogenated alkanes) is 1. The number of ether oxygens (including phenoxy) is 1. The summed E-state index contributed by atoms with van der Waals surface area (Å²) in [4.78, 5) is 11.8. The molecule has 0 saturated carbocycles. The first kappa shape index (κ1) is 19.6. The molecule has 0 amide bonds. The number of nitrogens with one attached hydrogen (secondary N) is 1. The van der Waals surface area contributed by atoms with Crippen LogP contribution >= 0.6 is 0 Å². The second-order valence-corrected chi connectivity index (χ2v) is 5.81. The molecule has 0 aliphatic carbocycles. The number of aromatic nitrogens is 3. The number of nitrogen functional groups attached to an aromatic ring is 2. The zero-order chi connectivity index (χ0) is 16.9. The first-order chi connectivity index (χ1) is 11.2.